The third-order valence-electron chi connectivity index (χ3n) is 3.20. The van der Waals surface area contributed by atoms with Crippen LogP contribution in [0.5, 0.6) is 0 Å². The summed E-state index contributed by atoms with van der Waals surface area (Å²) in [7, 11) is -3.80. The van der Waals surface area contributed by atoms with E-state index >= 15 is 0 Å². The fourth-order valence-electron chi connectivity index (χ4n) is 1.95. The van der Waals surface area contributed by atoms with Gasteiger partial charge in [0.15, 0.2) is 0 Å². The lowest BCUT2D eigenvalue weighted by Crippen LogP contribution is -2.34. The van der Waals surface area contributed by atoms with Crippen molar-refractivity contribution in [3.63, 3.8) is 0 Å². The molecule has 0 saturated heterocycles. The molecule has 0 aromatic heterocycles. The zero-order valence-corrected chi connectivity index (χ0v) is 11.7. The van der Waals surface area contributed by atoms with Crippen LogP contribution in [0.4, 0.5) is 4.39 Å². The van der Waals surface area contributed by atoms with Gasteiger partial charge in [-0.25, -0.2) is 17.6 Å². The third kappa shape index (κ3) is 2.73. The van der Waals surface area contributed by atoms with Crippen LogP contribution in [0.25, 0.3) is 0 Å². The topological polar surface area (TPSA) is 74.7 Å². The van der Waals surface area contributed by atoms with E-state index in [2.05, 4.69) is 0 Å². The van der Waals surface area contributed by atoms with Crippen LogP contribution in [0.2, 0.25) is 0 Å². The van der Waals surface area contributed by atoms with E-state index in [9.17, 15) is 17.6 Å². The minimum atomic E-state index is -3.80. The van der Waals surface area contributed by atoms with Gasteiger partial charge in [0.1, 0.15) is 5.82 Å². The predicted molar refractivity (Wildman–Crippen MR) is 70.5 cm³/mol. The maximum atomic E-state index is 13.3. The molecule has 1 aliphatic rings. The molecule has 0 unspecified atom stereocenters. The number of sulfonamides is 1. The van der Waals surface area contributed by atoms with Gasteiger partial charge in [0, 0.05) is 13.1 Å². The first-order valence-corrected chi connectivity index (χ1v) is 7.45. The van der Waals surface area contributed by atoms with Gasteiger partial charge in [-0.3, -0.25) is 0 Å². The molecule has 0 amide bonds. The number of hydrogen-bond donors (Lipinski definition) is 1. The van der Waals surface area contributed by atoms with Gasteiger partial charge in [0.05, 0.1) is 10.5 Å². The molecule has 0 spiro atoms. The van der Waals surface area contributed by atoms with Crippen molar-refractivity contribution in [2.24, 2.45) is 0 Å². The summed E-state index contributed by atoms with van der Waals surface area (Å²) >= 11 is 0. The molecule has 2 rings (SSSR count). The lowest BCUT2D eigenvalue weighted by molar-refractivity contribution is 0.0691. The molecule has 1 aromatic carbocycles. The summed E-state index contributed by atoms with van der Waals surface area (Å²) in [6, 6.07) is 2.81. The third-order valence-corrected chi connectivity index (χ3v) is 5.07. The standard InChI is InChI=1S/C13H14FNO4S/c1-9-4-6-15(7-5-9)20(18,19)10-2-3-12(14)11(8-10)13(16)17/h2-4,8H,5-7H2,1H3,(H,16,17). The second-order valence-electron chi connectivity index (χ2n) is 4.61. The van der Waals surface area contributed by atoms with E-state index in [0.717, 1.165) is 23.8 Å². The molecule has 1 N–H and O–H groups in total. The van der Waals surface area contributed by atoms with E-state index in [1.54, 1.807) is 0 Å². The van der Waals surface area contributed by atoms with Crippen molar-refractivity contribution >= 4 is 16.0 Å². The maximum absolute atomic E-state index is 13.3. The summed E-state index contributed by atoms with van der Waals surface area (Å²) in [6.07, 6.45) is 2.44. The number of rotatable bonds is 3. The average molecular weight is 299 g/mol. The first-order valence-electron chi connectivity index (χ1n) is 6.01. The molecule has 0 radical (unpaired) electrons. The molecule has 0 saturated carbocycles. The van der Waals surface area contributed by atoms with Gasteiger partial charge in [0.2, 0.25) is 10.0 Å². The molecule has 5 nitrogen and oxygen atoms in total. The molecule has 108 valence electrons. The minimum absolute atomic E-state index is 0.204. The van der Waals surface area contributed by atoms with Gasteiger partial charge < -0.3 is 5.11 Å². The molecule has 1 heterocycles. The van der Waals surface area contributed by atoms with Crippen molar-refractivity contribution in [3.05, 3.63) is 41.2 Å². The summed E-state index contributed by atoms with van der Waals surface area (Å²) < 4.78 is 39.3. The second-order valence-corrected chi connectivity index (χ2v) is 6.55. The Balaban J connectivity index is 2.40. The highest BCUT2D eigenvalue weighted by Gasteiger charge is 2.27. The number of benzene rings is 1. The predicted octanol–water partition coefficient (Wildman–Crippen LogP) is 1.86. The highest BCUT2D eigenvalue weighted by atomic mass is 32.2. The highest BCUT2D eigenvalue weighted by molar-refractivity contribution is 7.89. The molecule has 1 aliphatic heterocycles. The Bertz CT molecular complexity index is 682. The number of carbonyl (C=O) groups is 1. The Labute approximate surface area is 116 Å². The number of halogens is 1. The normalized spacial score (nSPS) is 16.8. The minimum Gasteiger partial charge on any atom is -0.478 e. The van der Waals surface area contributed by atoms with Gasteiger partial charge in [-0.2, -0.15) is 4.31 Å². The molecule has 0 atom stereocenters. The number of carboxylic acids is 1. The van der Waals surface area contributed by atoms with Gasteiger partial charge >= 0.3 is 5.97 Å². The number of nitrogens with zero attached hydrogens (tertiary/aromatic N) is 1. The average Bonchev–Trinajstić information content (AvgIpc) is 2.39. The Morgan fingerprint density at radius 3 is 2.65 bits per heavy atom. The fraction of sp³-hybridized carbons (Fsp3) is 0.308. The van der Waals surface area contributed by atoms with E-state index in [1.165, 1.54) is 4.31 Å². The van der Waals surface area contributed by atoms with E-state index in [4.69, 9.17) is 5.11 Å². The monoisotopic (exact) mass is 299 g/mol. The number of hydrogen-bond acceptors (Lipinski definition) is 3. The van der Waals surface area contributed by atoms with Crippen molar-refractivity contribution in [1.82, 2.24) is 4.31 Å². The zero-order valence-electron chi connectivity index (χ0n) is 10.8. The van der Waals surface area contributed by atoms with Crippen molar-refractivity contribution < 1.29 is 22.7 Å². The van der Waals surface area contributed by atoms with E-state index < -0.39 is 27.4 Å². The largest absolute Gasteiger partial charge is 0.478 e. The molecule has 0 aliphatic carbocycles. The van der Waals surface area contributed by atoms with Gasteiger partial charge in [0.25, 0.3) is 0 Å². The van der Waals surface area contributed by atoms with Crippen LogP contribution in [0.1, 0.15) is 23.7 Å². The van der Waals surface area contributed by atoms with Crippen LogP contribution in [-0.4, -0.2) is 36.9 Å². The van der Waals surface area contributed by atoms with Crippen LogP contribution in [-0.2, 0) is 10.0 Å². The molecule has 7 heteroatoms. The maximum Gasteiger partial charge on any atom is 0.338 e. The molecular weight excluding hydrogens is 285 g/mol. The first kappa shape index (κ1) is 14.7. The fourth-order valence-corrected chi connectivity index (χ4v) is 3.36. The smallest absolute Gasteiger partial charge is 0.338 e. The zero-order chi connectivity index (χ0) is 14.9. The SMILES string of the molecule is CC1=CCN(S(=O)(=O)c2ccc(F)c(C(=O)O)c2)CC1. The van der Waals surface area contributed by atoms with Crippen molar-refractivity contribution in [3.8, 4) is 0 Å². The lowest BCUT2D eigenvalue weighted by atomic mass is 10.1. The van der Waals surface area contributed by atoms with E-state index in [0.29, 0.717) is 13.0 Å². The van der Waals surface area contributed by atoms with Crippen molar-refractivity contribution in [2.45, 2.75) is 18.2 Å². The quantitative estimate of drug-likeness (QED) is 0.865. The van der Waals surface area contributed by atoms with Crippen LogP contribution < -0.4 is 0 Å². The molecule has 20 heavy (non-hydrogen) atoms. The van der Waals surface area contributed by atoms with Crippen molar-refractivity contribution in [1.29, 1.82) is 0 Å². The molecule has 1 aromatic rings. The summed E-state index contributed by atoms with van der Waals surface area (Å²) in [5.74, 6) is -2.44. The number of aromatic carboxylic acids is 1. The van der Waals surface area contributed by atoms with Crippen LogP contribution in [0, 0.1) is 5.82 Å². The highest BCUT2D eigenvalue weighted by Crippen LogP contribution is 2.22. The summed E-state index contributed by atoms with van der Waals surface area (Å²) in [6.45, 7) is 2.50. The summed E-state index contributed by atoms with van der Waals surface area (Å²) in [4.78, 5) is 10.7. The Kier molecular flexibility index (Phi) is 3.92. The van der Waals surface area contributed by atoms with Crippen LogP contribution in [0.3, 0.4) is 0 Å². The Morgan fingerprint density at radius 1 is 1.40 bits per heavy atom. The Hall–Kier alpha value is -1.73. The van der Waals surface area contributed by atoms with Gasteiger partial charge in [-0.05, 0) is 31.5 Å². The van der Waals surface area contributed by atoms with Crippen molar-refractivity contribution in [2.75, 3.05) is 13.1 Å². The summed E-state index contributed by atoms with van der Waals surface area (Å²) in [5.41, 5.74) is 0.469. The van der Waals surface area contributed by atoms with Crippen LogP contribution in [0.15, 0.2) is 34.7 Å². The first-order chi connectivity index (χ1) is 9.32. The number of carboxylic acid groups (broad SMARTS) is 1. The van der Waals surface area contributed by atoms with Gasteiger partial charge in [-0.1, -0.05) is 11.6 Å². The van der Waals surface area contributed by atoms with E-state index in [-0.39, 0.29) is 11.4 Å². The van der Waals surface area contributed by atoms with E-state index in [1.807, 2.05) is 13.0 Å². The van der Waals surface area contributed by atoms with Gasteiger partial charge in [-0.15, -0.1) is 0 Å². The molecule has 0 fully saturated rings. The molecule has 0 bridgehead atoms. The van der Waals surface area contributed by atoms with Crippen LogP contribution >= 0.6 is 0 Å². The second kappa shape index (κ2) is 5.34. The Morgan fingerprint density at radius 2 is 2.10 bits per heavy atom. The summed E-state index contributed by atoms with van der Waals surface area (Å²) in [5, 5.41) is 8.84. The molecular formula is C13H14FNO4S. The lowest BCUT2D eigenvalue weighted by Gasteiger charge is -2.24.